The average molecular weight is 162 g/mol. The van der Waals surface area contributed by atoms with Crippen molar-refractivity contribution in [3.63, 3.8) is 0 Å². The molecule has 0 aromatic rings. The van der Waals surface area contributed by atoms with Gasteiger partial charge in [0, 0.05) is 37.7 Å². The van der Waals surface area contributed by atoms with Gasteiger partial charge in [0.15, 0.2) is 0 Å². The van der Waals surface area contributed by atoms with Gasteiger partial charge >= 0.3 is 40.0 Å². The Morgan fingerprint density at radius 3 is 1.29 bits per heavy atom. The van der Waals surface area contributed by atoms with E-state index in [1.54, 1.807) is 0 Å². The van der Waals surface area contributed by atoms with E-state index in [4.69, 9.17) is 17.5 Å². The van der Waals surface area contributed by atoms with E-state index in [0.29, 0.717) is 0 Å². The molecule has 0 aliphatic heterocycles. The summed E-state index contributed by atoms with van der Waals surface area (Å²) in [4.78, 5) is 0. The Bertz CT molecular complexity index is 99.2. The molecular formula is H3ArNaO4S. The zero-order chi connectivity index (χ0) is 4.50. The fourth-order valence-electron chi connectivity index (χ4n) is 0. The Hall–Kier alpha value is 2.13. The van der Waals surface area contributed by atoms with Crippen LogP contribution >= 0.6 is 0 Å². The van der Waals surface area contributed by atoms with Crippen LogP contribution in [-0.2, 0) is 10.4 Å². The van der Waals surface area contributed by atoms with Crippen molar-refractivity contribution < 1.29 is 86.2 Å². The van der Waals surface area contributed by atoms with E-state index in [1.165, 1.54) is 0 Å². The van der Waals surface area contributed by atoms with Gasteiger partial charge in [-0.15, -0.1) is 0 Å². The van der Waals surface area contributed by atoms with Gasteiger partial charge in [-0.25, -0.2) is 0 Å². The Balaban J connectivity index is -0.0000000267. The van der Waals surface area contributed by atoms with Gasteiger partial charge in [0.25, 0.3) is 0 Å². The fourth-order valence-corrected chi connectivity index (χ4v) is 0. The van der Waals surface area contributed by atoms with Crippen molar-refractivity contribution in [3.05, 3.63) is 0 Å². The number of hydrogen-bond donors (Lipinski definition) is 2. The molecule has 2 N–H and O–H groups in total. The molecule has 0 fully saturated rings. The summed E-state index contributed by atoms with van der Waals surface area (Å²) < 4.78 is 31.6. The molecule has 0 heterocycles. The molecule has 0 saturated heterocycles. The van der Waals surface area contributed by atoms with Crippen LogP contribution in [-0.4, -0.2) is 17.5 Å². The third-order valence-electron chi connectivity index (χ3n) is 0. The van der Waals surface area contributed by atoms with Crippen molar-refractivity contribution in [1.29, 1.82) is 0 Å². The second-order valence-electron chi connectivity index (χ2n) is 0.448. The van der Waals surface area contributed by atoms with Crippen LogP contribution in [0.25, 0.3) is 0 Å². The van der Waals surface area contributed by atoms with Crippen LogP contribution in [0.1, 0.15) is 1.43 Å². The molecule has 0 rings (SSSR count). The molecule has 0 aromatic carbocycles. The first kappa shape index (κ1) is 16.1. The summed E-state index contributed by atoms with van der Waals surface area (Å²) in [5.41, 5.74) is 0. The summed E-state index contributed by atoms with van der Waals surface area (Å²) >= 11 is 0. The van der Waals surface area contributed by atoms with E-state index in [1.807, 2.05) is 0 Å². The minimum Gasteiger partial charge on any atom is -1.00 e. The van der Waals surface area contributed by atoms with Crippen molar-refractivity contribution in [3.8, 4) is 0 Å². The number of hydrogen-bond acceptors (Lipinski definition) is 2. The van der Waals surface area contributed by atoms with E-state index in [2.05, 4.69) is 0 Å². The Morgan fingerprint density at radius 1 is 1.29 bits per heavy atom. The molecule has 0 bridgehead atoms. The van der Waals surface area contributed by atoms with Crippen LogP contribution < -0.4 is 29.6 Å². The summed E-state index contributed by atoms with van der Waals surface area (Å²) in [7, 11) is -4.67. The molecule has 0 atom stereocenters. The topological polar surface area (TPSA) is 74.6 Å². The minimum atomic E-state index is -4.67. The van der Waals surface area contributed by atoms with Crippen molar-refractivity contribution in [2.24, 2.45) is 0 Å². The maximum absolute atomic E-state index is 8.74. The van der Waals surface area contributed by atoms with Crippen molar-refractivity contribution in [2.75, 3.05) is 0 Å². The average Bonchev–Trinajstić information content (AvgIpc) is 0.722. The van der Waals surface area contributed by atoms with Crippen LogP contribution in [0, 0.1) is 37.7 Å². The summed E-state index contributed by atoms with van der Waals surface area (Å²) in [6, 6.07) is 0. The molecule has 0 saturated carbocycles. The molecule has 0 spiro atoms. The first-order valence-corrected chi connectivity index (χ1v) is 2.10. The molecule has 42 valence electrons. The molecule has 0 aromatic heterocycles. The third-order valence-corrected chi connectivity index (χ3v) is 0. The SMILES string of the molecule is O=S(=O)(O)O.[Ar].[H-].[Na+]. The quantitative estimate of drug-likeness (QED) is 0.286. The molecule has 0 unspecified atom stereocenters. The molecule has 4 nitrogen and oxygen atoms in total. The molecule has 0 radical (unpaired) electrons. The second kappa shape index (κ2) is 6.25. The summed E-state index contributed by atoms with van der Waals surface area (Å²) in [5, 5.41) is 0. The normalized spacial score (nSPS) is 8.29. The Kier molecular flexibility index (Phi) is 14.3. The van der Waals surface area contributed by atoms with Gasteiger partial charge in [0.05, 0.1) is 0 Å². The van der Waals surface area contributed by atoms with Crippen LogP contribution in [0.15, 0.2) is 0 Å². The standard InChI is InChI=1S/Ar.Na.H2O4S.H/c;;1-5(2,3)4;/h;;(H2,1,2,3,4);/q;+1;;-1. The number of rotatable bonds is 0. The molecular weight excluding hydrogens is 159 g/mol. The summed E-state index contributed by atoms with van der Waals surface area (Å²) in [6.45, 7) is 0. The van der Waals surface area contributed by atoms with E-state index in [-0.39, 0.29) is 68.7 Å². The monoisotopic (exact) mass is 162 g/mol. The van der Waals surface area contributed by atoms with Crippen LogP contribution in [0.5, 0.6) is 0 Å². The predicted octanol–water partition coefficient (Wildman–Crippen LogP) is -3.54. The maximum atomic E-state index is 8.74. The van der Waals surface area contributed by atoms with Crippen molar-refractivity contribution in [2.45, 2.75) is 0 Å². The third kappa shape index (κ3) is 67.3. The van der Waals surface area contributed by atoms with Gasteiger partial charge in [0.2, 0.25) is 0 Å². The fraction of sp³-hybridized carbons (Fsp3) is 0. The van der Waals surface area contributed by atoms with Crippen molar-refractivity contribution in [1.82, 2.24) is 0 Å². The maximum Gasteiger partial charge on any atom is 1.00 e. The minimum absolute atomic E-state index is 0. The van der Waals surface area contributed by atoms with Crippen LogP contribution in [0.4, 0.5) is 0 Å². The molecule has 7 heteroatoms. The van der Waals surface area contributed by atoms with Gasteiger partial charge in [-0.1, -0.05) is 0 Å². The zero-order valence-corrected chi connectivity index (χ0v) is 7.00. The summed E-state index contributed by atoms with van der Waals surface area (Å²) in [5.74, 6) is 0. The van der Waals surface area contributed by atoms with E-state index in [0.717, 1.165) is 0 Å². The molecule has 0 amide bonds. The van der Waals surface area contributed by atoms with E-state index < -0.39 is 10.4 Å². The van der Waals surface area contributed by atoms with Crippen LogP contribution in [0.3, 0.4) is 0 Å². The first-order chi connectivity index (χ1) is 2.00. The van der Waals surface area contributed by atoms with E-state index in [9.17, 15) is 0 Å². The smallest absolute Gasteiger partial charge is 1.00 e. The van der Waals surface area contributed by atoms with Gasteiger partial charge in [0.1, 0.15) is 0 Å². The van der Waals surface area contributed by atoms with Gasteiger partial charge < -0.3 is 1.43 Å². The summed E-state index contributed by atoms with van der Waals surface area (Å²) in [6.07, 6.45) is 0. The van der Waals surface area contributed by atoms with Gasteiger partial charge in [-0.05, 0) is 0 Å². The van der Waals surface area contributed by atoms with Gasteiger partial charge in [-0.3, -0.25) is 9.11 Å². The zero-order valence-electron chi connectivity index (χ0n) is 4.47. The molecule has 0 aliphatic carbocycles. The molecule has 7 heavy (non-hydrogen) atoms. The van der Waals surface area contributed by atoms with Gasteiger partial charge in [-0.2, -0.15) is 8.42 Å². The van der Waals surface area contributed by atoms with Crippen molar-refractivity contribution >= 4 is 10.4 Å². The largest absolute Gasteiger partial charge is 1.00 e. The molecule has 0 aliphatic rings. The Morgan fingerprint density at radius 2 is 1.29 bits per heavy atom. The van der Waals surface area contributed by atoms with E-state index >= 15 is 0 Å². The Labute approximate surface area is 95.0 Å². The predicted molar refractivity (Wildman–Crippen MR) is 15.3 cm³/mol. The second-order valence-corrected chi connectivity index (χ2v) is 1.34. The van der Waals surface area contributed by atoms with Crippen LogP contribution in [0.2, 0.25) is 0 Å². The first-order valence-electron chi connectivity index (χ1n) is 0.698.